The van der Waals surface area contributed by atoms with Gasteiger partial charge in [-0.05, 0) is 33.1 Å². The fraction of sp³-hybridized carbons (Fsp3) is 0.500. The SMILES string of the molecule is C=C(C)CCC/C(C)=C/C(=O)O. The molecule has 12 heavy (non-hydrogen) atoms. The Kier molecular flexibility index (Phi) is 5.09. The summed E-state index contributed by atoms with van der Waals surface area (Å²) in [6.45, 7) is 7.60. The van der Waals surface area contributed by atoms with Gasteiger partial charge in [0, 0.05) is 6.08 Å². The molecule has 0 saturated carbocycles. The van der Waals surface area contributed by atoms with Crippen LogP contribution in [0.2, 0.25) is 0 Å². The lowest BCUT2D eigenvalue weighted by atomic mass is 10.1. The fourth-order valence-corrected chi connectivity index (χ4v) is 0.952. The Balaban J connectivity index is 3.64. The normalized spacial score (nSPS) is 11.3. The second-order valence-corrected chi connectivity index (χ2v) is 3.14. The van der Waals surface area contributed by atoms with E-state index in [2.05, 4.69) is 6.58 Å². The summed E-state index contributed by atoms with van der Waals surface area (Å²) in [5.41, 5.74) is 2.07. The molecule has 2 nitrogen and oxygen atoms in total. The molecule has 0 aromatic carbocycles. The largest absolute Gasteiger partial charge is 0.478 e. The molecule has 0 aliphatic heterocycles. The van der Waals surface area contributed by atoms with Crippen LogP contribution in [0.3, 0.4) is 0 Å². The van der Waals surface area contributed by atoms with Crippen molar-refractivity contribution in [3.8, 4) is 0 Å². The predicted octanol–water partition coefficient (Wildman–Crippen LogP) is 2.76. The Morgan fingerprint density at radius 2 is 2.00 bits per heavy atom. The van der Waals surface area contributed by atoms with Gasteiger partial charge in [-0.15, -0.1) is 6.58 Å². The van der Waals surface area contributed by atoms with Crippen LogP contribution in [0.1, 0.15) is 33.1 Å². The minimum atomic E-state index is -0.858. The van der Waals surface area contributed by atoms with Crippen molar-refractivity contribution in [2.24, 2.45) is 0 Å². The van der Waals surface area contributed by atoms with Crippen LogP contribution in [0.15, 0.2) is 23.8 Å². The highest BCUT2D eigenvalue weighted by atomic mass is 16.4. The van der Waals surface area contributed by atoms with Crippen LogP contribution in [-0.2, 0) is 4.79 Å². The third-order valence-corrected chi connectivity index (χ3v) is 1.54. The molecule has 0 aliphatic carbocycles. The van der Waals surface area contributed by atoms with Crippen molar-refractivity contribution in [3.05, 3.63) is 23.8 Å². The van der Waals surface area contributed by atoms with E-state index < -0.39 is 5.97 Å². The van der Waals surface area contributed by atoms with Gasteiger partial charge in [-0.2, -0.15) is 0 Å². The summed E-state index contributed by atoms with van der Waals surface area (Å²) in [5, 5.41) is 8.40. The number of carboxylic acids is 1. The topological polar surface area (TPSA) is 37.3 Å². The van der Waals surface area contributed by atoms with E-state index in [1.807, 2.05) is 13.8 Å². The number of hydrogen-bond donors (Lipinski definition) is 1. The molecule has 0 atom stereocenters. The Bertz CT molecular complexity index is 202. The lowest BCUT2D eigenvalue weighted by Gasteiger charge is -1.99. The van der Waals surface area contributed by atoms with Gasteiger partial charge in [0.1, 0.15) is 0 Å². The molecule has 0 bridgehead atoms. The second kappa shape index (κ2) is 5.58. The van der Waals surface area contributed by atoms with E-state index in [1.165, 1.54) is 6.08 Å². The molecule has 0 amide bonds. The number of rotatable bonds is 5. The Hall–Kier alpha value is -1.05. The lowest BCUT2D eigenvalue weighted by Crippen LogP contribution is -1.90. The summed E-state index contributed by atoms with van der Waals surface area (Å²) >= 11 is 0. The van der Waals surface area contributed by atoms with E-state index in [0.29, 0.717) is 0 Å². The molecule has 0 spiro atoms. The molecule has 0 rings (SSSR count). The van der Waals surface area contributed by atoms with Crippen molar-refractivity contribution in [3.63, 3.8) is 0 Å². The molecule has 1 N–H and O–H groups in total. The fourth-order valence-electron chi connectivity index (χ4n) is 0.952. The molecule has 0 heterocycles. The lowest BCUT2D eigenvalue weighted by molar-refractivity contribution is -0.131. The molecule has 2 heteroatoms. The third kappa shape index (κ3) is 7.06. The Labute approximate surface area is 73.6 Å². The van der Waals surface area contributed by atoms with E-state index in [0.717, 1.165) is 30.4 Å². The van der Waals surface area contributed by atoms with Crippen molar-refractivity contribution in [2.45, 2.75) is 33.1 Å². The predicted molar refractivity (Wildman–Crippen MR) is 50.1 cm³/mol. The van der Waals surface area contributed by atoms with Gasteiger partial charge >= 0.3 is 5.97 Å². The summed E-state index contributed by atoms with van der Waals surface area (Å²) in [7, 11) is 0. The van der Waals surface area contributed by atoms with Gasteiger partial charge in [0.15, 0.2) is 0 Å². The minimum Gasteiger partial charge on any atom is -0.478 e. The van der Waals surface area contributed by atoms with Crippen LogP contribution < -0.4 is 0 Å². The van der Waals surface area contributed by atoms with E-state index in [9.17, 15) is 4.79 Å². The van der Waals surface area contributed by atoms with Crippen molar-refractivity contribution < 1.29 is 9.90 Å². The molecule has 0 fully saturated rings. The first-order valence-electron chi connectivity index (χ1n) is 4.07. The van der Waals surface area contributed by atoms with Crippen LogP contribution in [-0.4, -0.2) is 11.1 Å². The van der Waals surface area contributed by atoms with Gasteiger partial charge in [0.2, 0.25) is 0 Å². The number of allylic oxidation sites excluding steroid dienone is 2. The standard InChI is InChI=1S/C10H16O2/c1-8(2)5-4-6-9(3)7-10(11)12/h7H,1,4-6H2,2-3H3,(H,11,12)/b9-7+. The highest BCUT2D eigenvalue weighted by molar-refractivity contribution is 5.80. The first kappa shape index (κ1) is 11.0. The quantitative estimate of drug-likeness (QED) is 0.506. The smallest absolute Gasteiger partial charge is 0.328 e. The zero-order chi connectivity index (χ0) is 9.56. The molecular formula is C10H16O2. The Morgan fingerprint density at radius 1 is 1.42 bits per heavy atom. The summed E-state index contributed by atoms with van der Waals surface area (Å²) in [6.07, 6.45) is 4.08. The van der Waals surface area contributed by atoms with Gasteiger partial charge in [0.25, 0.3) is 0 Å². The van der Waals surface area contributed by atoms with E-state index in [4.69, 9.17) is 5.11 Å². The molecule has 0 aromatic heterocycles. The van der Waals surface area contributed by atoms with Crippen molar-refractivity contribution in [2.75, 3.05) is 0 Å². The number of hydrogen-bond acceptors (Lipinski definition) is 1. The van der Waals surface area contributed by atoms with Crippen LogP contribution >= 0.6 is 0 Å². The van der Waals surface area contributed by atoms with Gasteiger partial charge in [-0.3, -0.25) is 0 Å². The average Bonchev–Trinajstić information content (AvgIpc) is 1.84. The van der Waals surface area contributed by atoms with Gasteiger partial charge in [-0.25, -0.2) is 4.79 Å². The third-order valence-electron chi connectivity index (χ3n) is 1.54. The van der Waals surface area contributed by atoms with Crippen molar-refractivity contribution in [1.29, 1.82) is 0 Å². The van der Waals surface area contributed by atoms with Crippen molar-refractivity contribution >= 4 is 5.97 Å². The molecule has 0 aromatic rings. The summed E-state index contributed by atoms with van der Waals surface area (Å²) < 4.78 is 0. The maximum Gasteiger partial charge on any atom is 0.328 e. The molecule has 0 radical (unpaired) electrons. The number of carbonyl (C=O) groups is 1. The molecule has 0 saturated heterocycles. The highest BCUT2D eigenvalue weighted by Gasteiger charge is 1.94. The van der Waals surface area contributed by atoms with Crippen LogP contribution in [0.25, 0.3) is 0 Å². The first-order chi connectivity index (χ1) is 5.52. The van der Waals surface area contributed by atoms with Gasteiger partial charge < -0.3 is 5.11 Å². The van der Waals surface area contributed by atoms with E-state index in [-0.39, 0.29) is 0 Å². The minimum absolute atomic E-state index is 0.846. The molecular weight excluding hydrogens is 152 g/mol. The number of aliphatic carboxylic acids is 1. The maximum absolute atomic E-state index is 10.2. The summed E-state index contributed by atoms with van der Waals surface area (Å²) in [4.78, 5) is 10.2. The average molecular weight is 168 g/mol. The van der Waals surface area contributed by atoms with E-state index >= 15 is 0 Å². The monoisotopic (exact) mass is 168 g/mol. The zero-order valence-corrected chi connectivity index (χ0v) is 7.76. The van der Waals surface area contributed by atoms with Gasteiger partial charge in [0.05, 0.1) is 0 Å². The summed E-state index contributed by atoms with van der Waals surface area (Å²) in [5.74, 6) is -0.858. The van der Waals surface area contributed by atoms with Crippen LogP contribution in [0.5, 0.6) is 0 Å². The van der Waals surface area contributed by atoms with Crippen LogP contribution in [0, 0.1) is 0 Å². The van der Waals surface area contributed by atoms with Crippen LogP contribution in [0.4, 0.5) is 0 Å². The Morgan fingerprint density at radius 3 is 2.42 bits per heavy atom. The second-order valence-electron chi connectivity index (χ2n) is 3.14. The van der Waals surface area contributed by atoms with E-state index in [1.54, 1.807) is 0 Å². The molecule has 0 unspecified atom stereocenters. The zero-order valence-electron chi connectivity index (χ0n) is 7.76. The maximum atomic E-state index is 10.2. The first-order valence-corrected chi connectivity index (χ1v) is 4.07. The van der Waals surface area contributed by atoms with Crippen molar-refractivity contribution in [1.82, 2.24) is 0 Å². The van der Waals surface area contributed by atoms with Gasteiger partial charge in [-0.1, -0.05) is 11.1 Å². The summed E-state index contributed by atoms with van der Waals surface area (Å²) in [6, 6.07) is 0. The molecule has 0 aliphatic rings. The highest BCUT2D eigenvalue weighted by Crippen LogP contribution is 2.09. The number of carboxylic acid groups (broad SMARTS) is 1. The molecule has 68 valence electrons.